The van der Waals surface area contributed by atoms with E-state index in [2.05, 4.69) is 84.6 Å². The highest BCUT2D eigenvalue weighted by Gasteiger charge is 2.10. The summed E-state index contributed by atoms with van der Waals surface area (Å²) in [5, 5.41) is 2.61. The molecule has 0 amide bonds. The fourth-order valence-electron chi connectivity index (χ4n) is 2.66. The van der Waals surface area contributed by atoms with E-state index in [1.807, 2.05) is 0 Å². The molecule has 0 heterocycles. The van der Waals surface area contributed by atoms with Crippen molar-refractivity contribution in [2.24, 2.45) is 0 Å². The smallest absolute Gasteiger partial charge is 0.0490 e. The molecule has 0 aliphatic carbocycles. The van der Waals surface area contributed by atoms with Crippen molar-refractivity contribution in [1.29, 1.82) is 0 Å². The van der Waals surface area contributed by atoms with Crippen molar-refractivity contribution in [2.45, 2.75) is 13.3 Å². The SMILES string of the molecule is CCCN(c1ccccc1)c1cccc2ccccc12. The Balaban J connectivity index is 2.15. The van der Waals surface area contributed by atoms with E-state index in [4.69, 9.17) is 0 Å². The monoisotopic (exact) mass is 261 g/mol. The van der Waals surface area contributed by atoms with Crippen LogP contribution in [-0.2, 0) is 0 Å². The van der Waals surface area contributed by atoms with Crippen LogP contribution in [0.5, 0.6) is 0 Å². The van der Waals surface area contributed by atoms with Crippen LogP contribution in [0.4, 0.5) is 11.4 Å². The number of hydrogen-bond donors (Lipinski definition) is 0. The molecule has 0 aliphatic rings. The molecule has 0 radical (unpaired) electrons. The lowest BCUT2D eigenvalue weighted by Crippen LogP contribution is -2.17. The van der Waals surface area contributed by atoms with Crippen molar-refractivity contribution in [1.82, 2.24) is 0 Å². The number of nitrogens with zero attached hydrogens (tertiary/aromatic N) is 1. The van der Waals surface area contributed by atoms with E-state index in [1.165, 1.54) is 22.1 Å². The molecule has 100 valence electrons. The Bertz CT molecular complexity index is 683. The zero-order chi connectivity index (χ0) is 13.8. The zero-order valence-electron chi connectivity index (χ0n) is 11.8. The summed E-state index contributed by atoms with van der Waals surface area (Å²) in [5.41, 5.74) is 2.54. The second kappa shape index (κ2) is 5.79. The van der Waals surface area contributed by atoms with E-state index in [0.717, 1.165) is 13.0 Å². The fourth-order valence-corrected chi connectivity index (χ4v) is 2.66. The van der Waals surface area contributed by atoms with Crippen LogP contribution in [0, 0.1) is 0 Å². The maximum absolute atomic E-state index is 2.41. The van der Waals surface area contributed by atoms with Crippen LogP contribution in [0.1, 0.15) is 13.3 Å². The minimum atomic E-state index is 1.03. The first-order chi connectivity index (χ1) is 9.90. The quantitative estimate of drug-likeness (QED) is 0.608. The molecular weight excluding hydrogens is 242 g/mol. The third kappa shape index (κ3) is 2.39. The molecule has 0 aromatic heterocycles. The second-order valence-electron chi connectivity index (χ2n) is 4.99. The van der Waals surface area contributed by atoms with Crippen LogP contribution in [0.3, 0.4) is 0 Å². The summed E-state index contributed by atoms with van der Waals surface area (Å²) >= 11 is 0. The average Bonchev–Trinajstić information content (AvgIpc) is 2.53. The molecule has 0 unspecified atom stereocenters. The normalized spacial score (nSPS) is 10.7. The Morgan fingerprint density at radius 2 is 1.45 bits per heavy atom. The zero-order valence-corrected chi connectivity index (χ0v) is 11.8. The molecule has 0 saturated carbocycles. The maximum Gasteiger partial charge on any atom is 0.0490 e. The third-order valence-corrected chi connectivity index (χ3v) is 3.57. The van der Waals surface area contributed by atoms with Gasteiger partial charge in [-0.15, -0.1) is 0 Å². The van der Waals surface area contributed by atoms with Crippen LogP contribution in [-0.4, -0.2) is 6.54 Å². The molecule has 0 aliphatic heterocycles. The van der Waals surface area contributed by atoms with Gasteiger partial charge < -0.3 is 4.90 Å². The summed E-state index contributed by atoms with van der Waals surface area (Å²) < 4.78 is 0. The predicted octanol–water partition coefficient (Wildman–Crippen LogP) is 5.39. The molecule has 1 nitrogen and oxygen atoms in total. The summed E-state index contributed by atoms with van der Waals surface area (Å²) in [5.74, 6) is 0. The van der Waals surface area contributed by atoms with E-state index in [-0.39, 0.29) is 0 Å². The van der Waals surface area contributed by atoms with Gasteiger partial charge in [-0.1, -0.05) is 61.5 Å². The minimum Gasteiger partial charge on any atom is -0.341 e. The van der Waals surface area contributed by atoms with E-state index < -0.39 is 0 Å². The molecule has 20 heavy (non-hydrogen) atoms. The number of hydrogen-bond acceptors (Lipinski definition) is 1. The Morgan fingerprint density at radius 3 is 2.25 bits per heavy atom. The van der Waals surface area contributed by atoms with Crippen LogP contribution >= 0.6 is 0 Å². The van der Waals surface area contributed by atoms with Gasteiger partial charge in [-0.25, -0.2) is 0 Å². The molecule has 0 saturated heterocycles. The van der Waals surface area contributed by atoms with Crippen molar-refractivity contribution in [3.8, 4) is 0 Å². The Morgan fingerprint density at radius 1 is 0.750 bits per heavy atom. The number of benzene rings is 3. The summed E-state index contributed by atoms with van der Waals surface area (Å²) in [6.07, 6.45) is 1.12. The molecule has 0 fully saturated rings. The first kappa shape index (κ1) is 12.7. The van der Waals surface area contributed by atoms with Gasteiger partial charge in [-0.05, 0) is 30.0 Å². The van der Waals surface area contributed by atoms with Crippen molar-refractivity contribution in [3.05, 3.63) is 72.8 Å². The third-order valence-electron chi connectivity index (χ3n) is 3.57. The van der Waals surface area contributed by atoms with Crippen LogP contribution in [0.2, 0.25) is 0 Å². The predicted molar refractivity (Wildman–Crippen MR) is 87.7 cm³/mol. The summed E-state index contributed by atoms with van der Waals surface area (Å²) in [7, 11) is 0. The van der Waals surface area contributed by atoms with Crippen molar-refractivity contribution < 1.29 is 0 Å². The molecule has 3 rings (SSSR count). The van der Waals surface area contributed by atoms with Gasteiger partial charge in [0.2, 0.25) is 0 Å². The van der Waals surface area contributed by atoms with Gasteiger partial charge in [-0.3, -0.25) is 0 Å². The van der Waals surface area contributed by atoms with E-state index >= 15 is 0 Å². The van der Waals surface area contributed by atoms with Gasteiger partial charge in [-0.2, -0.15) is 0 Å². The van der Waals surface area contributed by atoms with E-state index in [1.54, 1.807) is 0 Å². The Hall–Kier alpha value is -2.28. The standard InChI is InChI=1S/C19H19N/c1-2-15-20(17-11-4-3-5-12-17)19-14-8-10-16-9-6-7-13-18(16)19/h3-14H,2,15H2,1H3. The summed E-state index contributed by atoms with van der Waals surface area (Å²) in [4.78, 5) is 2.41. The van der Waals surface area contributed by atoms with Gasteiger partial charge in [0, 0.05) is 23.3 Å². The van der Waals surface area contributed by atoms with Gasteiger partial charge in [0.15, 0.2) is 0 Å². The first-order valence-electron chi connectivity index (χ1n) is 7.20. The lowest BCUT2D eigenvalue weighted by molar-refractivity contribution is 0.888. The van der Waals surface area contributed by atoms with Crippen molar-refractivity contribution >= 4 is 22.1 Å². The van der Waals surface area contributed by atoms with Gasteiger partial charge in [0.1, 0.15) is 0 Å². The number of fused-ring (bicyclic) bond motifs is 1. The average molecular weight is 261 g/mol. The van der Waals surface area contributed by atoms with Crippen LogP contribution in [0.25, 0.3) is 10.8 Å². The topological polar surface area (TPSA) is 3.24 Å². The number of para-hydroxylation sites is 1. The number of anilines is 2. The van der Waals surface area contributed by atoms with Gasteiger partial charge in [0.25, 0.3) is 0 Å². The molecule has 3 aromatic carbocycles. The minimum absolute atomic E-state index is 1.03. The van der Waals surface area contributed by atoms with Crippen LogP contribution < -0.4 is 4.90 Å². The number of rotatable bonds is 4. The molecule has 1 heteroatoms. The molecular formula is C19H19N. The summed E-state index contributed by atoms with van der Waals surface area (Å²) in [6.45, 7) is 3.25. The largest absolute Gasteiger partial charge is 0.341 e. The molecule has 0 atom stereocenters. The highest BCUT2D eigenvalue weighted by molar-refractivity contribution is 5.96. The van der Waals surface area contributed by atoms with Crippen molar-refractivity contribution in [3.63, 3.8) is 0 Å². The van der Waals surface area contributed by atoms with Crippen molar-refractivity contribution in [2.75, 3.05) is 11.4 Å². The van der Waals surface area contributed by atoms with Gasteiger partial charge in [0.05, 0.1) is 0 Å². The highest BCUT2D eigenvalue weighted by atomic mass is 15.1. The fraction of sp³-hybridized carbons (Fsp3) is 0.158. The molecule has 3 aromatic rings. The second-order valence-corrected chi connectivity index (χ2v) is 4.99. The molecule has 0 spiro atoms. The van der Waals surface area contributed by atoms with E-state index in [0.29, 0.717) is 0 Å². The lowest BCUT2D eigenvalue weighted by atomic mass is 10.1. The highest BCUT2D eigenvalue weighted by Crippen LogP contribution is 2.32. The lowest BCUT2D eigenvalue weighted by Gasteiger charge is -2.26. The Kier molecular flexibility index (Phi) is 3.69. The molecule has 0 N–H and O–H groups in total. The summed E-state index contributed by atoms with van der Waals surface area (Å²) in [6, 6.07) is 25.7. The molecule has 0 bridgehead atoms. The van der Waals surface area contributed by atoms with Crippen LogP contribution in [0.15, 0.2) is 72.8 Å². The van der Waals surface area contributed by atoms with E-state index in [9.17, 15) is 0 Å². The maximum atomic E-state index is 2.41. The van der Waals surface area contributed by atoms with Gasteiger partial charge >= 0.3 is 0 Å². The first-order valence-corrected chi connectivity index (χ1v) is 7.20. The Labute approximate surface area is 120 Å².